The summed E-state index contributed by atoms with van der Waals surface area (Å²) in [7, 11) is 4.11. The molecule has 0 aliphatic heterocycles. The van der Waals surface area contributed by atoms with Crippen LogP contribution in [0.5, 0.6) is 11.5 Å². The van der Waals surface area contributed by atoms with E-state index in [-0.39, 0.29) is 12.6 Å². The van der Waals surface area contributed by atoms with Crippen molar-refractivity contribution in [1.82, 2.24) is 14.9 Å². The number of carbonyl (C=O) groups excluding carboxylic acids is 1. The van der Waals surface area contributed by atoms with Gasteiger partial charge in [0.2, 0.25) is 0 Å². The molecular weight excluding hydrogens is 502 g/mol. The van der Waals surface area contributed by atoms with Gasteiger partial charge < -0.3 is 19.7 Å². The normalized spacial score (nSPS) is 11.6. The number of nitrogens with one attached hydrogen (secondary N) is 1. The van der Waals surface area contributed by atoms with E-state index in [1.165, 1.54) is 6.33 Å². The van der Waals surface area contributed by atoms with Crippen LogP contribution in [-0.4, -0.2) is 54.8 Å². The first-order valence-corrected chi connectivity index (χ1v) is 13.4. The Hall–Kier alpha value is -4.43. The van der Waals surface area contributed by atoms with E-state index >= 15 is 0 Å². The van der Waals surface area contributed by atoms with Crippen LogP contribution in [0.3, 0.4) is 0 Å². The highest BCUT2D eigenvalue weighted by molar-refractivity contribution is 5.88. The van der Waals surface area contributed by atoms with Gasteiger partial charge in [-0.05, 0) is 81.4 Å². The minimum Gasteiger partial charge on any atom is -0.494 e. The first kappa shape index (κ1) is 28.6. The number of rotatable bonds is 12. The van der Waals surface area contributed by atoms with E-state index in [0.717, 1.165) is 41.1 Å². The standard InChI is InChI=1S/C32H37N5O3/c1-24-10-8-11-25(2)31(24)40-32(38)37(30-18-19-33-23-34-30)22-29(26-12-6-5-7-13-26)35-27-14-16-28(17-15-27)39-21-9-20-36(3)4/h5-8,10-19,23,29,35H,9,20-22H2,1-4H3. The Kier molecular flexibility index (Phi) is 10.1. The largest absolute Gasteiger partial charge is 0.494 e. The third kappa shape index (κ3) is 8.04. The highest BCUT2D eigenvalue weighted by atomic mass is 16.6. The smallest absolute Gasteiger partial charge is 0.421 e. The van der Waals surface area contributed by atoms with E-state index < -0.39 is 6.09 Å². The summed E-state index contributed by atoms with van der Waals surface area (Å²) in [5.74, 6) is 1.83. The molecule has 1 heterocycles. The first-order chi connectivity index (χ1) is 19.4. The molecule has 0 saturated carbocycles. The molecule has 0 aliphatic carbocycles. The number of nitrogens with zero attached hydrogens (tertiary/aromatic N) is 4. The van der Waals surface area contributed by atoms with Gasteiger partial charge in [0, 0.05) is 18.4 Å². The number of amides is 1. The molecule has 1 unspecified atom stereocenters. The first-order valence-electron chi connectivity index (χ1n) is 13.4. The average Bonchev–Trinajstić information content (AvgIpc) is 2.97. The van der Waals surface area contributed by atoms with E-state index in [4.69, 9.17) is 9.47 Å². The van der Waals surface area contributed by atoms with Crippen molar-refractivity contribution in [2.24, 2.45) is 0 Å². The predicted octanol–water partition coefficient (Wildman–Crippen LogP) is 6.28. The summed E-state index contributed by atoms with van der Waals surface area (Å²) in [6, 6.07) is 25.1. The Morgan fingerprint density at radius 2 is 1.65 bits per heavy atom. The van der Waals surface area contributed by atoms with Gasteiger partial charge >= 0.3 is 6.09 Å². The van der Waals surface area contributed by atoms with Crippen molar-refractivity contribution < 1.29 is 14.3 Å². The molecule has 8 nitrogen and oxygen atoms in total. The van der Waals surface area contributed by atoms with E-state index in [1.807, 2.05) is 86.6 Å². The summed E-state index contributed by atoms with van der Waals surface area (Å²) in [5.41, 5.74) is 3.70. The van der Waals surface area contributed by atoms with Crippen LogP contribution in [0.15, 0.2) is 91.4 Å². The summed E-state index contributed by atoms with van der Waals surface area (Å²) in [6.45, 7) is 5.76. The van der Waals surface area contributed by atoms with Crippen molar-refractivity contribution in [3.05, 3.63) is 108 Å². The third-order valence-corrected chi connectivity index (χ3v) is 6.44. The number of ether oxygens (including phenoxy) is 2. The molecule has 3 aromatic carbocycles. The summed E-state index contributed by atoms with van der Waals surface area (Å²) in [4.78, 5) is 25.7. The van der Waals surface area contributed by atoms with Gasteiger partial charge in [-0.3, -0.25) is 4.90 Å². The number of hydrogen-bond acceptors (Lipinski definition) is 7. The highest BCUT2D eigenvalue weighted by Crippen LogP contribution is 2.27. The lowest BCUT2D eigenvalue weighted by molar-refractivity contribution is 0.206. The van der Waals surface area contributed by atoms with Gasteiger partial charge in [0.25, 0.3) is 0 Å². The number of benzene rings is 3. The molecule has 0 spiro atoms. The van der Waals surface area contributed by atoms with Crippen LogP contribution in [-0.2, 0) is 0 Å². The molecule has 1 N–H and O–H groups in total. The molecule has 1 atom stereocenters. The molecule has 0 aliphatic rings. The fourth-order valence-electron chi connectivity index (χ4n) is 4.33. The van der Waals surface area contributed by atoms with Crippen LogP contribution >= 0.6 is 0 Å². The van der Waals surface area contributed by atoms with Gasteiger partial charge in [-0.15, -0.1) is 0 Å². The second-order valence-electron chi connectivity index (χ2n) is 9.90. The summed E-state index contributed by atoms with van der Waals surface area (Å²) >= 11 is 0. The van der Waals surface area contributed by atoms with Crippen molar-refractivity contribution in [3.8, 4) is 11.5 Å². The molecular formula is C32H37N5O3. The van der Waals surface area contributed by atoms with Gasteiger partial charge in [-0.25, -0.2) is 14.8 Å². The van der Waals surface area contributed by atoms with Crippen LogP contribution in [0, 0.1) is 13.8 Å². The number of aryl methyl sites for hydroxylation is 2. The van der Waals surface area contributed by atoms with Gasteiger partial charge in [0.15, 0.2) is 0 Å². The molecule has 0 saturated heterocycles. The van der Waals surface area contributed by atoms with Gasteiger partial charge in [-0.1, -0.05) is 48.5 Å². The Labute approximate surface area is 236 Å². The lowest BCUT2D eigenvalue weighted by atomic mass is 10.1. The summed E-state index contributed by atoms with van der Waals surface area (Å²) in [5, 5.41) is 3.59. The van der Waals surface area contributed by atoms with Crippen LogP contribution in [0.4, 0.5) is 16.3 Å². The van der Waals surface area contributed by atoms with Crippen LogP contribution < -0.4 is 19.7 Å². The van der Waals surface area contributed by atoms with Crippen LogP contribution in [0.1, 0.15) is 29.2 Å². The molecule has 4 rings (SSSR count). The maximum absolute atomic E-state index is 13.6. The molecule has 0 fully saturated rings. The van der Waals surface area contributed by atoms with Crippen LogP contribution in [0.25, 0.3) is 0 Å². The van der Waals surface area contributed by atoms with Gasteiger partial charge in [-0.2, -0.15) is 0 Å². The zero-order valence-electron chi connectivity index (χ0n) is 23.6. The number of para-hydroxylation sites is 1. The van der Waals surface area contributed by atoms with E-state index in [2.05, 4.69) is 34.3 Å². The molecule has 0 bridgehead atoms. The number of anilines is 2. The van der Waals surface area contributed by atoms with E-state index in [9.17, 15) is 4.79 Å². The Bertz CT molecular complexity index is 1330. The minimum atomic E-state index is -0.514. The number of aromatic nitrogens is 2. The minimum absolute atomic E-state index is 0.256. The second kappa shape index (κ2) is 14.1. The Morgan fingerprint density at radius 1 is 0.925 bits per heavy atom. The van der Waals surface area contributed by atoms with Gasteiger partial charge in [0.1, 0.15) is 23.6 Å². The molecule has 40 heavy (non-hydrogen) atoms. The van der Waals surface area contributed by atoms with Crippen molar-refractivity contribution >= 4 is 17.6 Å². The predicted molar refractivity (Wildman–Crippen MR) is 159 cm³/mol. The van der Waals surface area contributed by atoms with Crippen molar-refractivity contribution in [1.29, 1.82) is 0 Å². The fraction of sp³-hybridized carbons (Fsp3) is 0.281. The monoisotopic (exact) mass is 539 g/mol. The Balaban J connectivity index is 1.55. The van der Waals surface area contributed by atoms with Gasteiger partial charge in [0.05, 0.1) is 19.2 Å². The fourth-order valence-corrected chi connectivity index (χ4v) is 4.33. The molecule has 1 aromatic heterocycles. The Morgan fingerprint density at radius 3 is 2.30 bits per heavy atom. The quantitative estimate of drug-likeness (QED) is 0.212. The van der Waals surface area contributed by atoms with Crippen LogP contribution in [0.2, 0.25) is 0 Å². The third-order valence-electron chi connectivity index (χ3n) is 6.44. The van der Waals surface area contributed by atoms with E-state index in [0.29, 0.717) is 18.2 Å². The lowest BCUT2D eigenvalue weighted by Gasteiger charge is -2.28. The second-order valence-corrected chi connectivity index (χ2v) is 9.90. The highest BCUT2D eigenvalue weighted by Gasteiger charge is 2.25. The zero-order chi connectivity index (χ0) is 28.3. The summed E-state index contributed by atoms with van der Waals surface area (Å²) in [6.07, 6.45) is 3.49. The van der Waals surface area contributed by atoms with E-state index in [1.54, 1.807) is 17.2 Å². The summed E-state index contributed by atoms with van der Waals surface area (Å²) < 4.78 is 11.8. The van der Waals surface area contributed by atoms with Crippen molar-refractivity contribution in [2.45, 2.75) is 26.3 Å². The maximum Gasteiger partial charge on any atom is 0.421 e. The van der Waals surface area contributed by atoms with Crippen molar-refractivity contribution in [2.75, 3.05) is 44.0 Å². The SMILES string of the molecule is Cc1cccc(C)c1OC(=O)N(CC(Nc1ccc(OCCCN(C)C)cc1)c1ccccc1)c1ccncn1. The molecule has 4 aromatic rings. The molecule has 1 amide bonds. The number of hydrogen-bond donors (Lipinski definition) is 1. The molecule has 208 valence electrons. The molecule has 8 heteroatoms. The average molecular weight is 540 g/mol. The number of carbonyl (C=O) groups is 1. The zero-order valence-corrected chi connectivity index (χ0v) is 23.6. The topological polar surface area (TPSA) is 79.8 Å². The lowest BCUT2D eigenvalue weighted by Crippen LogP contribution is -2.39. The van der Waals surface area contributed by atoms with Crippen molar-refractivity contribution in [3.63, 3.8) is 0 Å². The maximum atomic E-state index is 13.6. The molecule has 0 radical (unpaired) electrons.